The molecule has 0 atom stereocenters. The summed E-state index contributed by atoms with van der Waals surface area (Å²) >= 11 is 0. The van der Waals surface area contributed by atoms with E-state index in [1.165, 1.54) is 0 Å². The van der Waals surface area contributed by atoms with Gasteiger partial charge >= 0.3 is 5.97 Å². The van der Waals surface area contributed by atoms with Gasteiger partial charge in [0.1, 0.15) is 0 Å². The highest BCUT2D eigenvalue weighted by Crippen LogP contribution is 2.14. The topological polar surface area (TPSA) is 37.3 Å². The zero-order chi connectivity index (χ0) is 9.84. The minimum Gasteiger partial charge on any atom is -0.478 e. The van der Waals surface area contributed by atoms with Crippen molar-refractivity contribution in [3.63, 3.8) is 0 Å². The second kappa shape index (κ2) is 3.90. The van der Waals surface area contributed by atoms with Crippen LogP contribution < -0.4 is 0 Å². The van der Waals surface area contributed by atoms with E-state index in [2.05, 4.69) is 0 Å². The van der Waals surface area contributed by atoms with E-state index in [0.717, 1.165) is 22.8 Å². The molecule has 0 aliphatic heterocycles. The Morgan fingerprint density at radius 2 is 1.85 bits per heavy atom. The summed E-state index contributed by atoms with van der Waals surface area (Å²) in [5.41, 5.74) is 3.18. The Labute approximate surface area is 77.5 Å². The number of hydrogen-bond donors (Lipinski definition) is 1. The summed E-state index contributed by atoms with van der Waals surface area (Å²) in [5, 5.41) is 8.47. The molecule has 1 aromatic rings. The van der Waals surface area contributed by atoms with Gasteiger partial charge in [-0.3, -0.25) is 0 Å². The molecule has 1 N–H and O–H groups in total. The lowest BCUT2D eigenvalue weighted by Gasteiger charge is -2.03. The minimum atomic E-state index is -0.914. The predicted octanol–water partition coefficient (Wildman–Crippen LogP) is 2.40. The van der Waals surface area contributed by atoms with E-state index >= 15 is 0 Å². The lowest BCUT2D eigenvalue weighted by atomic mass is 10.0. The van der Waals surface area contributed by atoms with Crippen molar-refractivity contribution in [2.24, 2.45) is 0 Å². The number of aryl methyl sites for hydroxylation is 2. The molecule has 0 unspecified atom stereocenters. The second-order valence-corrected chi connectivity index (χ2v) is 2.98. The Hall–Kier alpha value is -1.57. The zero-order valence-corrected chi connectivity index (χ0v) is 7.74. The van der Waals surface area contributed by atoms with E-state index < -0.39 is 5.97 Å². The lowest BCUT2D eigenvalue weighted by Crippen LogP contribution is -1.89. The summed E-state index contributed by atoms with van der Waals surface area (Å²) in [5.74, 6) is -0.914. The van der Waals surface area contributed by atoms with Gasteiger partial charge in [-0.1, -0.05) is 18.2 Å². The standard InChI is InChI=1S/C11H12O2/c1-8-4-3-5-9(2)10(8)6-7-11(12)13/h3-7H,1-2H3,(H,12,13). The highest BCUT2D eigenvalue weighted by atomic mass is 16.4. The molecule has 0 amide bonds. The normalized spacial score (nSPS) is 10.6. The third kappa shape index (κ3) is 2.44. The van der Waals surface area contributed by atoms with E-state index in [0.29, 0.717) is 0 Å². The van der Waals surface area contributed by atoms with Crippen LogP contribution in [-0.2, 0) is 4.79 Å². The Morgan fingerprint density at radius 3 is 2.31 bits per heavy atom. The Kier molecular flexibility index (Phi) is 2.85. The minimum absolute atomic E-state index is 0.914. The molecule has 0 bridgehead atoms. The van der Waals surface area contributed by atoms with E-state index in [-0.39, 0.29) is 0 Å². The van der Waals surface area contributed by atoms with Crippen LogP contribution >= 0.6 is 0 Å². The van der Waals surface area contributed by atoms with Crippen molar-refractivity contribution >= 4 is 12.0 Å². The molecule has 0 saturated carbocycles. The molecule has 0 heterocycles. The first kappa shape index (κ1) is 9.52. The summed E-state index contributed by atoms with van der Waals surface area (Å²) in [6.45, 7) is 3.93. The monoisotopic (exact) mass is 176 g/mol. The summed E-state index contributed by atoms with van der Waals surface area (Å²) in [6.07, 6.45) is 2.79. The smallest absolute Gasteiger partial charge is 0.328 e. The van der Waals surface area contributed by atoms with Crippen LogP contribution in [0.25, 0.3) is 6.08 Å². The van der Waals surface area contributed by atoms with Crippen LogP contribution in [0.15, 0.2) is 24.3 Å². The van der Waals surface area contributed by atoms with Gasteiger partial charge in [0, 0.05) is 6.08 Å². The largest absolute Gasteiger partial charge is 0.478 e. The van der Waals surface area contributed by atoms with Crippen molar-refractivity contribution in [1.82, 2.24) is 0 Å². The highest BCUT2D eigenvalue weighted by Gasteiger charge is 1.97. The van der Waals surface area contributed by atoms with Crippen molar-refractivity contribution in [2.45, 2.75) is 13.8 Å². The van der Waals surface area contributed by atoms with Gasteiger partial charge in [-0.25, -0.2) is 4.79 Å². The first-order valence-electron chi connectivity index (χ1n) is 4.08. The fourth-order valence-corrected chi connectivity index (χ4v) is 1.24. The zero-order valence-electron chi connectivity index (χ0n) is 7.74. The number of rotatable bonds is 2. The fraction of sp³-hybridized carbons (Fsp3) is 0.182. The van der Waals surface area contributed by atoms with E-state index in [9.17, 15) is 4.79 Å². The van der Waals surface area contributed by atoms with Crippen LogP contribution in [0, 0.1) is 13.8 Å². The van der Waals surface area contributed by atoms with Crippen molar-refractivity contribution < 1.29 is 9.90 Å². The van der Waals surface area contributed by atoms with Crippen molar-refractivity contribution in [3.05, 3.63) is 41.0 Å². The Balaban J connectivity index is 3.06. The maximum atomic E-state index is 10.3. The summed E-state index contributed by atoms with van der Waals surface area (Å²) in [4.78, 5) is 10.3. The highest BCUT2D eigenvalue weighted by molar-refractivity contribution is 5.85. The molecule has 0 aliphatic carbocycles. The van der Waals surface area contributed by atoms with Crippen molar-refractivity contribution in [3.8, 4) is 0 Å². The van der Waals surface area contributed by atoms with Gasteiger partial charge in [0.05, 0.1) is 0 Å². The summed E-state index contributed by atoms with van der Waals surface area (Å²) < 4.78 is 0. The number of aliphatic carboxylic acids is 1. The van der Waals surface area contributed by atoms with Crippen LogP contribution in [0.5, 0.6) is 0 Å². The summed E-state index contributed by atoms with van der Waals surface area (Å²) in [7, 11) is 0. The molecule has 0 radical (unpaired) electrons. The number of carboxylic acids is 1. The Bertz CT molecular complexity index is 331. The molecule has 2 nitrogen and oxygen atoms in total. The molecular formula is C11H12O2. The molecular weight excluding hydrogens is 164 g/mol. The molecule has 2 heteroatoms. The molecule has 0 fully saturated rings. The first-order valence-corrected chi connectivity index (χ1v) is 4.08. The number of carboxylic acid groups (broad SMARTS) is 1. The van der Waals surface area contributed by atoms with E-state index in [1.54, 1.807) is 6.08 Å². The van der Waals surface area contributed by atoms with Crippen LogP contribution in [0.2, 0.25) is 0 Å². The van der Waals surface area contributed by atoms with Gasteiger partial charge in [-0.05, 0) is 36.6 Å². The van der Waals surface area contributed by atoms with Gasteiger partial charge in [0.25, 0.3) is 0 Å². The molecule has 68 valence electrons. The molecule has 0 aliphatic rings. The van der Waals surface area contributed by atoms with Crippen molar-refractivity contribution in [2.75, 3.05) is 0 Å². The Morgan fingerprint density at radius 1 is 1.31 bits per heavy atom. The van der Waals surface area contributed by atoms with Gasteiger partial charge in [0.15, 0.2) is 0 Å². The fourth-order valence-electron chi connectivity index (χ4n) is 1.24. The number of hydrogen-bond acceptors (Lipinski definition) is 1. The van der Waals surface area contributed by atoms with Crippen LogP contribution in [0.4, 0.5) is 0 Å². The second-order valence-electron chi connectivity index (χ2n) is 2.98. The molecule has 13 heavy (non-hydrogen) atoms. The van der Waals surface area contributed by atoms with Gasteiger partial charge in [0.2, 0.25) is 0 Å². The maximum absolute atomic E-state index is 10.3. The first-order chi connectivity index (χ1) is 6.11. The predicted molar refractivity (Wildman–Crippen MR) is 52.6 cm³/mol. The van der Waals surface area contributed by atoms with Gasteiger partial charge in [-0.15, -0.1) is 0 Å². The van der Waals surface area contributed by atoms with E-state index in [1.807, 2.05) is 32.0 Å². The number of benzene rings is 1. The average molecular weight is 176 g/mol. The molecule has 1 aromatic carbocycles. The molecule has 0 saturated heterocycles. The van der Waals surface area contributed by atoms with Crippen LogP contribution in [-0.4, -0.2) is 11.1 Å². The average Bonchev–Trinajstić information content (AvgIpc) is 2.03. The number of carbonyl (C=O) groups is 1. The molecule has 0 aromatic heterocycles. The van der Waals surface area contributed by atoms with Gasteiger partial charge < -0.3 is 5.11 Å². The van der Waals surface area contributed by atoms with Crippen LogP contribution in [0.1, 0.15) is 16.7 Å². The third-order valence-corrected chi connectivity index (χ3v) is 1.93. The maximum Gasteiger partial charge on any atom is 0.328 e. The quantitative estimate of drug-likeness (QED) is 0.702. The molecule has 1 rings (SSSR count). The van der Waals surface area contributed by atoms with Gasteiger partial charge in [-0.2, -0.15) is 0 Å². The van der Waals surface area contributed by atoms with E-state index in [4.69, 9.17) is 5.11 Å². The SMILES string of the molecule is Cc1cccc(C)c1C=CC(=O)O. The van der Waals surface area contributed by atoms with Crippen molar-refractivity contribution in [1.29, 1.82) is 0 Å². The molecule has 0 spiro atoms. The summed E-state index contributed by atoms with van der Waals surface area (Å²) in [6, 6.07) is 5.89. The lowest BCUT2D eigenvalue weighted by molar-refractivity contribution is -0.131. The third-order valence-electron chi connectivity index (χ3n) is 1.93. The van der Waals surface area contributed by atoms with Crippen LogP contribution in [0.3, 0.4) is 0 Å².